The molecule has 0 unspecified atom stereocenters. The minimum Gasteiger partial charge on any atom is -0.339 e. The molecule has 1 aliphatic heterocycles. The molecule has 7 heteroatoms. The number of nitro benzene ring substituents is 1. The summed E-state index contributed by atoms with van der Waals surface area (Å²) in [5, 5.41) is 12.1. The molecule has 1 saturated heterocycles. The molecule has 1 heterocycles. The zero-order valence-electron chi connectivity index (χ0n) is 13.5. The molecule has 1 fully saturated rings. The lowest BCUT2D eigenvalue weighted by Crippen LogP contribution is -2.35. The summed E-state index contributed by atoms with van der Waals surface area (Å²) < 4.78 is 0. The van der Waals surface area contributed by atoms with Crippen LogP contribution in [0.2, 0.25) is 5.02 Å². The number of hydrogen-bond donors (Lipinski definition) is 0. The molecule has 0 saturated carbocycles. The Kier molecular flexibility index (Phi) is 5.60. The standard InChI is InChI=1S/C18H17ClN2O3S/c19-14-5-7-15(8-6-14)25-17-9-4-13(12-16(17)21(23)24)18(22)20-10-2-1-3-11-20/h4-9,12H,1-3,10-11H2. The predicted molar refractivity (Wildman–Crippen MR) is 98.4 cm³/mol. The summed E-state index contributed by atoms with van der Waals surface area (Å²) in [6, 6.07) is 11.8. The van der Waals surface area contributed by atoms with Gasteiger partial charge in [0.2, 0.25) is 0 Å². The van der Waals surface area contributed by atoms with Crippen LogP contribution >= 0.6 is 23.4 Å². The van der Waals surface area contributed by atoms with Crippen molar-refractivity contribution >= 4 is 35.0 Å². The van der Waals surface area contributed by atoms with Crippen molar-refractivity contribution < 1.29 is 9.72 Å². The van der Waals surface area contributed by atoms with Gasteiger partial charge in [0.25, 0.3) is 11.6 Å². The summed E-state index contributed by atoms with van der Waals surface area (Å²) in [5.74, 6) is -0.133. The maximum absolute atomic E-state index is 12.6. The molecular formula is C18H17ClN2O3S. The van der Waals surface area contributed by atoms with E-state index in [-0.39, 0.29) is 11.6 Å². The highest BCUT2D eigenvalue weighted by Gasteiger charge is 2.22. The molecule has 0 spiro atoms. The highest BCUT2D eigenvalue weighted by Crippen LogP contribution is 2.36. The van der Waals surface area contributed by atoms with Gasteiger partial charge in [-0.25, -0.2) is 0 Å². The van der Waals surface area contributed by atoms with Gasteiger partial charge in [-0.15, -0.1) is 0 Å². The molecular weight excluding hydrogens is 360 g/mol. The Morgan fingerprint density at radius 1 is 1.08 bits per heavy atom. The molecule has 3 rings (SSSR count). The molecule has 0 aromatic heterocycles. The summed E-state index contributed by atoms with van der Waals surface area (Å²) in [7, 11) is 0. The maximum atomic E-state index is 12.6. The van der Waals surface area contributed by atoms with Gasteiger partial charge < -0.3 is 4.90 Å². The van der Waals surface area contributed by atoms with Crippen LogP contribution < -0.4 is 0 Å². The smallest absolute Gasteiger partial charge is 0.284 e. The van der Waals surface area contributed by atoms with Gasteiger partial charge in [0.05, 0.1) is 9.82 Å². The molecule has 0 bridgehead atoms. The second-order valence-electron chi connectivity index (χ2n) is 5.85. The molecule has 0 atom stereocenters. The highest BCUT2D eigenvalue weighted by atomic mass is 35.5. The average molecular weight is 377 g/mol. The van der Waals surface area contributed by atoms with Gasteiger partial charge in [-0.2, -0.15) is 0 Å². The fourth-order valence-electron chi connectivity index (χ4n) is 2.79. The summed E-state index contributed by atoms with van der Waals surface area (Å²) in [6.45, 7) is 1.43. The molecule has 2 aromatic carbocycles. The van der Waals surface area contributed by atoms with E-state index in [1.165, 1.54) is 17.8 Å². The third-order valence-corrected chi connectivity index (χ3v) is 5.41. The summed E-state index contributed by atoms with van der Waals surface area (Å²) in [6.07, 6.45) is 3.09. The predicted octanol–water partition coefficient (Wildman–Crippen LogP) is 5.03. The van der Waals surface area contributed by atoms with E-state index in [1.807, 2.05) is 12.1 Å². The monoisotopic (exact) mass is 376 g/mol. The maximum Gasteiger partial charge on any atom is 0.284 e. The van der Waals surface area contributed by atoms with Gasteiger partial charge in [-0.1, -0.05) is 23.4 Å². The first-order chi connectivity index (χ1) is 12.0. The third kappa shape index (κ3) is 4.32. The SMILES string of the molecule is O=C(c1ccc(Sc2ccc(Cl)cc2)c([N+](=O)[O-])c1)N1CCCCC1. The van der Waals surface area contributed by atoms with Crippen molar-refractivity contribution in [1.82, 2.24) is 4.90 Å². The first-order valence-corrected chi connectivity index (χ1v) is 9.25. The van der Waals surface area contributed by atoms with E-state index in [0.717, 1.165) is 24.2 Å². The Bertz CT molecular complexity index is 789. The Morgan fingerprint density at radius 2 is 1.76 bits per heavy atom. The largest absolute Gasteiger partial charge is 0.339 e. The topological polar surface area (TPSA) is 63.4 Å². The van der Waals surface area contributed by atoms with Crippen molar-refractivity contribution in [3.8, 4) is 0 Å². The van der Waals surface area contributed by atoms with E-state index in [0.29, 0.717) is 28.6 Å². The van der Waals surface area contributed by atoms with Crippen LogP contribution in [0.25, 0.3) is 0 Å². The van der Waals surface area contributed by atoms with Crippen molar-refractivity contribution in [2.45, 2.75) is 29.1 Å². The normalized spacial score (nSPS) is 14.4. The average Bonchev–Trinajstić information content (AvgIpc) is 2.64. The zero-order valence-corrected chi connectivity index (χ0v) is 15.1. The number of halogens is 1. The van der Waals surface area contributed by atoms with E-state index in [9.17, 15) is 14.9 Å². The fourth-order valence-corrected chi connectivity index (χ4v) is 3.81. The van der Waals surface area contributed by atoms with Crippen LogP contribution in [0.5, 0.6) is 0 Å². The fraction of sp³-hybridized carbons (Fsp3) is 0.278. The van der Waals surface area contributed by atoms with E-state index in [4.69, 9.17) is 11.6 Å². The number of carbonyl (C=O) groups excluding carboxylic acids is 1. The van der Waals surface area contributed by atoms with Crippen molar-refractivity contribution in [3.05, 3.63) is 63.2 Å². The van der Waals surface area contributed by atoms with E-state index < -0.39 is 4.92 Å². The van der Waals surface area contributed by atoms with Gasteiger partial charge in [0, 0.05) is 34.6 Å². The van der Waals surface area contributed by atoms with E-state index >= 15 is 0 Å². The second kappa shape index (κ2) is 7.89. The number of hydrogen-bond acceptors (Lipinski definition) is 4. The number of likely N-dealkylation sites (tertiary alicyclic amines) is 1. The minimum absolute atomic E-state index is 0.0530. The molecule has 5 nitrogen and oxygen atoms in total. The van der Waals surface area contributed by atoms with Crippen LogP contribution in [0.4, 0.5) is 5.69 Å². The quantitative estimate of drug-likeness (QED) is 0.554. The van der Waals surface area contributed by atoms with Gasteiger partial charge in [0.15, 0.2) is 0 Å². The number of benzene rings is 2. The first kappa shape index (κ1) is 17.8. The second-order valence-corrected chi connectivity index (χ2v) is 7.40. The van der Waals surface area contributed by atoms with Crippen molar-refractivity contribution in [3.63, 3.8) is 0 Å². The highest BCUT2D eigenvalue weighted by molar-refractivity contribution is 7.99. The molecule has 1 amide bonds. The van der Waals surface area contributed by atoms with Gasteiger partial charge in [-0.3, -0.25) is 14.9 Å². The molecule has 1 aliphatic rings. The molecule has 130 valence electrons. The lowest BCUT2D eigenvalue weighted by Gasteiger charge is -2.26. The summed E-state index contributed by atoms with van der Waals surface area (Å²) in [5.41, 5.74) is 0.317. The number of piperidine rings is 1. The van der Waals surface area contributed by atoms with Crippen LogP contribution in [-0.2, 0) is 0 Å². The number of rotatable bonds is 4. The molecule has 0 aliphatic carbocycles. The lowest BCUT2D eigenvalue weighted by molar-refractivity contribution is -0.387. The van der Waals surface area contributed by atoms with Crippen molar-refractivity contribution in [2.24, 2.45) is 0 Å². The van der Waals surface area contributed by atoms with Crippen LogP contribution in [0.3, 0.4) is 0 Å². The van der Waals surface area contributed by atoms with Crippen molar-refractivity contribution in [2.75, 3.05) is 13.1 Å². The van der Waals surface area contributed by atoms with Crippen LogP contribution in [0.1, 0.15) is 29.6 Å². The van der Waals surface area contributed by atoms with Gasteiger partial charge in [0.1, 0.15) is 0 Å². The van der Waals surface area contributed by atoms with E-state index in [2.05, 4.69) is 0 Å². The Balaban J connectivity index is 1.86. The van der Waals surface area contributed by atoms with Crippen LogP contribution in [0, 0.1) is 10.1 Å². The molecule has 2 aromatic rings. The number of amides is 1. The Morgan fingerprint density at radius 3 is 2.40 bits per heavy atom. The lowest BCUT2D eigenvalue weighted by atomic mass is 10.1. The van der Waals surface area contributed by atoms with Gasteiger partial charge >= 0.3 is 0 Å². The molecule has 0 radical (unpaired) electrons. The van der Waals surface area contributed by atoms with Gasteiger partial charge in [-0.05, 0) is 55.7 Å². The number of nitrogens with zero attached hydrogens (tertiary/aromatic N) is 2. The molecule has 0 N–H and O–H groups in total. The summed E-state index contributed by atoms with van der Waals surface area (Å²) in [4.78, 5) is 26.7. The van der Waals surface area contributed by atoms with E-state index in [1.54, 1.807) is 29.2 Å². The molecule has 25 heavy (non-hydrogen) atoms. The Labute approximate surface area is 155 Å². The first-order valence-electron chi connectivity index (χ1n) is 8.06. The zero-order chi connectivity index (χ0) is 17.8. The van der Waals surface area contributed by atoms with Crippen LogP contribution in [0.15, 0.2) is 52.3 Å². The minimum atomic E-state index is -0.439. The summed E-state index contributed by atoms with van der Waals surface area (Å²) >= 11 is 7.15. The Hall–Kier alpha value is -2.05. The van der Waals surface area contributed by atoms with Crippen molar-refractivity contribution in [1.29, 1.82) is 0 Å². The third-order valence-electron chi connectivity index (χ3n) is 4.09. The van der Waals surface area contributed by atoms with Crippen LogP contribution in [-0.4, -0.2) is 28.8 Å². The number of carbonyl (C=O) groups is 1. The number of nitro groups is 1.